The maximum atomic E-state index is 12.9. The molecule has 2 aromatic rings. The molecule has 0 radical (unpaired) electrons. The maximum Gasteiger partial charge on any atom is 0.327 e. The number of thioether (sulfide) groups is 1. The molecule has 0 saturated carbocycles. The van der Waals surface area contributed by atoms with Crippen molar-refractivity contribution in [3.8, 4) is 0 Å². The third-order valence-electron chi connectivity index (χ3n) is 6.92. The van der Waals surface area contributed by atoms with Gasteiger partial charge in [0, 0.05) is 6.54 Å². The van der Waals surface area contributed by atoms with E-state index >= 15 is 0 Å². The van der Waals surface area contributed by atoms with E-state index in [2.05, 4.69) is 22.3 Å². The molecular weight excluding hydrogens is 438 g/mol. The van der Waals surface area contributed by atoms with Crippen LogP contribution in [-0.4, -0.2) is 68.0 Å². The topological polar surface area (TPSA) is 90.0 Å². The van der Waals surface area contributed by atoms with Crippen LogP contribution in [0.1, 0.15) is 24.0 Å². The molecule has 3 aliphatic heterocycles. The number of nitrogens with one attached hydrogen (secondary N) is 1. The van der Waals surface area contributed by atoms with E-state index in [4.69, 9.17) is 0 Å². The lowest BCUT2D eigenvalue weighted by Crippen LogP contribution is -2.71. The Morgan fingerprint density at radius 1 is 1.00 bits per heavy atom. The van der Waals surface area contributed by atoms with Crippen LogP contribution in [0.25, 0.3) is 0 Å². The molecule has 2 amide bonds. The molecule has 1 spiro atoms. The van der Waals surface area contributed by atoms with E-state index in [-0.39, 0.29) is 23.6 Å². The van der Waals surface area contributed by atoms with Gasteiger partial charge in [0.1, 0.15) is 17.5 Å². The number of rotatable bonds is 6. The summed E-state index contributed by atoms with van der Waals surface area (Å²) < 4.78 is -0.516. The Labute approximate surface area is 197 Å². The predicted octanol–water partition coefficient (Wildman–Crippen LogP) is 2.12. The Balaban J connectivity index is 1.25. The summed E-state index contributed by atoms with van der Waals surface area (Å²) in [7, 11) is 0. The molecule has 2 aromatic carbocycles. The fourth-order valence-electron chi connectivity index (χ4n) is 5.25. The lowest BCUT2D eigenvalue weighted by molar-refractivity contribution is -0.162. The molecule has 0 bridgehead atoms. The number of β-lactam (4-membered cyclic amide) rings is 1. The number of piperidine rings is 1. The number of carbonyl (C=O) groups excluding carboxylic acids is 2. The minimum atomic E-state index is -0.955. The van der Waals surface area contributed by atoms with Gasteiger partial charge >= 0.3 is 5.97 Å². The van der Waals surface area contributed by atoms with E-state index in [1.165, 1.54) is 10.5 Å². The summed E-state index contributed by atoms with van der Waals surface area (Å²) in [6.07, 6.45) is 1.60. The summed E-state index contributed by atoms with van der Waals surface area (Å²) >= 11 is 1.57. The molecule has 0 aliphatic carbocycles. The molecular formula is C25H27N3O4S. The Morgan fingerprint density at radius 2 is 1.61 bits per heavy atom. The second-order valence-corrected chi connectivity index (χ2v) is 10.6. The molecule has 7 nitrogen and oxygen atoms in total. The van der Waals surface area contributed by atoms with Crippen molar-refractivity contribution in [3.05, 3.63) is 71.8 Å². The van der Waals surface area contributed by atoms with Gasteiger partial charge in [-0.2, -0.15) is 0 Å². The van der Waals surface area contributed by atoms with Crippen molar-refractivity contribution in [1.29, 1.82) is 0 Å². The highest BCUT2D eigenvalue weighted by molar-refractivity contribution is 8.01. The number of aliphatic carboxylic acids is 1. The second kappa shape index (κ2) is 8.83. The Morgan fingerprint density at radius 3 is 2.21 bits per heavy atom. The van der Waals surface area contributed by atoms with Gasteiger partial charge in [0.2, 0.25) is 11.8 Å². The van der Waals surface area contributed by atoms with Crippen LogP contribution in [0.2, 0.25) is 0 Å². The number of likely N-dealkylation sites (tertiary alicyclic amines) is 1. The molecule has 3 fully saturated rings. The summed E-state index contributed by atoms with van der Waals surface area (Å²) in [5.41, 5.74) is 2.12. The molecule has 2 N–H and O–H groups in total. The Hall–Kier alpha value is -2.84. The highest BCUT2D eigenvalue weighted by Gasteiger charge is 2.67. The van der Waals surface area contributed by atoms with Crippen LogP contribution >= 0.6 is 11.8 Å². The number of hydrogen-bond acceptors (Lipinski definition) is 5. The standard InChI is InChI=1S/C25H27N3O4S/c29-19(15-17-7-3-1-4-8-17)26-20-22(30)28-21(24(31)32)25(33-23(20)28)11-13-27(14-12-25)16-18-9-5-2-6-10-18/h1-10,20-21,23H,11-16H2,(H,26,29)(H,31,32)/t20?,21?,23-/m1/s1. The van der Waals surface area contributed by atoms with E-state index in [9.17, 15) is 19.5 Å². The van der Waals surface area contributed by atoms with E-state index in [1.54, 1.807) is 11.8 Å². The van der Waals surface area contributed by atoms with Gasteiger partial charge in [-0.3, -0.25) is 14.5 Å². The van der Waals surface area contributed by atoms with Gasteiger partial charge in [-0.25, -0.2) is 4.79 Å². The monoisotopic (exact) mass is 465 g/mol. The van der Waals surface area contributed by atoms with Gasteiger partial charge in [0.25, 0.3) is 0 Å². The van der Waals surface area contributed by atoms with Crippen LogP contribution in [0.5, 0.6) is 0 Å². The third kappa shape index (κ3) is 4.13. The lowest BCUT2D eigenvalue weighted by Gasteiger charge is -2.44. The van der Waals surface area contributed by atoms with Crippen LogP contribution in [0.15, 0.2) is 60.7 Å². The van der Waals surface area contributed by atoms with Crippen molar-refractivity contribution in [2.75, 3.05) is 13.1 Å². The Kier molecular flexibility index (Phi) is 5.88. The number of nitrogens with zero attached hydrogens (tertiary/aromatic N) is 2. The van der Waals surface area contributed by atoms with E-state index in [1.807, 2.05) is 48.5 Å². The van der Waals surface area contributed by atoms with E-state index in [0.29, 0.717) is 12.8 Å². The average molecular weight is 466 g/mol. The van der Waals surface area contributed by atoms with Crippen molar-refractivity contribution < 1.29 is 19.5 Å². The van der Waals surface area contributed by atoms with Gasteiger partial charge in [-0.1, -0.05) is 60.7 Å². The SMILES string of the molecule is O=C(Cc1ccccc1)NC1C(=O)N2C(C(=O)O)C3(CCN(Cc4ccccc4)CC3)S[C@H]12. The van der Waals surface area contributed by atoms with Crippen molar-refractivity contribution in [2.45, 2.75) is 48.0 Å². The van der Waals surface area contributed by atoms with Crippen molar-refractivity contribution >= 4 is 29.5 Å². The second-order valence-electron chi connectivity index (χ2n) is 9.03. The molecule has 172 valence electrons. The predicted molar refractivity (Wildman–Crippen MR) is 125 cm³/mol. The van der Waals surface area contributed by atoms with Gasteiger partial charge < -0.3 is 15.3 Å². The van der Waals surface area contributed by atoms with Crippen LogP contribution in [0.3, 0.4) is 0 Å². The highest BCUT2D eigenvalue weighted by Crippen LogP contribution is 2.55. The first-order valence-corrected chi connectivity index (χ1v) is 12.2. The van der Waals surface area contributed by atoms with Gasteiger partial charge in [-0.15, -0.1) is 11.8 Å². The van der Waals surface area contributed by atoms with Crippen LogP contribution in [-0.2, 0) is 27.3 Å². The summed E-state index contributed by atoms with van der Waals surface area (Å²) in [6, 6.07) is 18.1. The number of carboxylic acids is 1. The summed E-state index contributed by atoms with van der Waals surface area (Å²) in [5.74, 6) is -1.46. The van der Waals surface area contributed by atoms with Gasteiger partial charge in [-0.05, 0) is 37.1 Å². The maximum absolute atomic E-state index is 12.9. The van der Waals surface area contributed by atoms with Crippen molar-refractivity contribution in [1.82, 2.24) is 15.1 Å². The Bertz CT molecular complexity index is 1040. The van der Waals surface area contributed by atoms with Crippen molar-refractivity contribution in [2.24, 2.45) is 0 Å². The van der Waals surface area contributed by atoms with Crippen LogP contribution in [0, 0.1) is 0 Å². The zero-order chi connectivity index (χ0) is 23.0. The fourth-order valence-corrected chi connectivity index (χ4v) is 7.15. The largest absolute Gasteiger partial charge is 0.480 e. The molecule has 3 saturated heterocycles. The summed E-state index contributed by atoms with van der Waals surface area (Å²) in [6.45, 7) is 2.40. The molecule has 5 rings (SSSR count). The average Bonchev–Trinajstić information content (AvgIpc) is 3.12. The van der Waals surface area contributed by atoms with E-state index < -0.39 is 22.8 Å². The quantitative estimate of drug-likeness (QED) is 0.636. The third-order valence-corrected chi connectivity index (χ3v) is 8.76. The first-order chi connectivity index (χ1) is 16.0. The fraction of sp³-hybridized carbons (Fsp3) is 0.400. The minimum absolute atomic E-state index is 0.198. The summed E-state index contributed by atoms with van der Waals surface area (Å²) in [5, 5.41) is 12.6. The van der Waals surface area contributed by atoms with E-state index in [0.717, 1.165) is 25.2 Å². The first-order valence-electron chi connectivity index (χ1n) is 11.3. The molecule has 3 aliphatic rings. The molecule has 8 heteroatoms. The zero-order valence-corrected chi connectivity index (χ0v) is 19.0. The number of carboxylic acid groups (broad SMARTS) is 1. The zero-order valence-electron chi connectivity index (χ0n) is 18.2. The minimum Gasteiger partial charge on any atom is -0.480 e. The van der Waals surface area contributed by atoms with Gasteiger partial charge in [0.15, 0.2) is 0 Å². The molecule has 2 unspecified atom stereocenters. The smallest absolute Gasteiger partial charge is 0.327 e. The number of carbonyl (C=O) groups is 3. The highest BCUT2D eigenvalue weighted by atomic mass is 32.2. The first kappa shape index (κ1) is 22.0. The van der Waals surface area contributed by atoms with Crippen molar-refractivity contribution in [3.63, 3.8) is 0 Å². The normalized spacial score (nSPS) is 26.0. The van der Waals surface area contributed by atoms with Gasteiger partial charge in [0.05, 0.1) is 11.2 Å². The summed E-state index contributed by atoms with van der Waals surface area (Å²) in [4.78, 5) is 41.5. The lowest BCUT2D eigenvalue weighted by atomic mass is 9.85. The molecule has 3 heterocycles. The molecule has 0 aromatic heterocycles. The number of benzene rings is 2. The number of hydrogen-bond donors (Lipinski definition) is 2. The molecule has 3 atom stereocenters. The van der Waals surface area contributed by atoms with Crippen LogP contribution in [0.4, 0.5) is 0 Å². The molecule has 33 heavy (non-hydrogen) atoms. The number of amides is 2. The number of fused-ring (bicyclic) bond motifs is 1. The van der Waals surface area contributed by atoms with Crippen LogP contribution < -0.4 is 5.32 Å².